The summed E-state index contributed by atoms with van der Waals surface area (Å²) < 4.78 is 2.70. The van der Waals surface area contributed by atoms with Gasteiger partial charge in [0.25, 0.3) is 5.91 Å². The summed E-state index contributed by atoms with van der Waals surface area (Å²) in [5, 5.41) is 18.8. The van der Waals surface area contributed by atoms with E-state index >= 15 is 0 Å². The summed E-state index contributed by atoms with van der Waals surface area (Å²) in [5.74, 6) is -1.40. The van der Waals surface area contributed by atoms with Crippen LogP contribution >= 0.6 is 15.9 Å². The molecule has 2 heterocycles. The number of carboxylic acids is 1. The number of aliphatic carboxylic acids is 1. The van der Waals surface area contributed by atoms with Gasteiger partial charge in [-0.1, -0.05) is 0 Å². The molecule has 1 aromatic heterocycles. The van der Waals surface area contributed by atoms with Gasteiger partial charge in [-0.05, 0) is 34.8 Å². The van der Waals surface area contributed by atoms with Crippen LogP contribution < -0.4 is 0 Å². The normalized spacial score (nSPS) is 26.0. The van der Waals surface area contributed by atoms with Crippen molar-refractivity contribution in [1.29, 1.82) is 0 Å². The van der Waals surface area contributed by atoms with E-state index in [0.29, 0.717) is 11.7 Å². The van der Waals surface area contributed by atoms with E-state index in [2.05, 4.69) is 15.9 Å². The Kier molecular flexibility index (Phi) is 3.33. The molecule has 2 fully saturated rings. The van der Waals surface area contributed by atoms with Crippen LogP contribution in [0.15, 0.2) is 16.7 Å². The Morgan fingerprint density at radius 3 is 2.65 bits per heavy atom. The number of carbonyl (C=O) groups excluding carboxylic acids is 1. The van der Waals surface area contributed by atoms with Crippen molar-refractivity contribution in [2.45, 2.75) is 37.5 Å². The van der Waals surface area contributed by atoms with Crippen LogP contribution in [0.5, 0.6) is 0 Å². The lowest BCUT2D eigenvalue weighted by Gasteiger charge is -2.21. The minimum Gasteiger partial charge on any atom is -0.480 e. The molecule has 2 atom stereocenters. The van der Waals surface area contributed by atoms with Crippen LogP contribution in [0.1, 0.15) is 35.8 Å². The summed E-state index contributed by atoms with van der Waals surface area (Å²) in [7, 11) is 0. The zero-order chi connectivity index (χ0) is 14.4. The Bertz CT molecular complexity index is 567. The van der Waals surface area contributed by atoms with Crippen molar-refractivity contribution in [2.24, 2.45) is 0 Å². The Balaban J connectivity index is 1.90. The number of likely N-dealkylation sites (tertiary alicyclic amines) is 1. The molecule has 2 aliphatic rings. The van der Waals surface area contributed by atoms with E-state index < -0.39 is 18.1 Å². The number of halogens is 1. The van der Waals surface area contributed by atoms with Crippen LogP contribution in [0.4, 0.5) is 0 Å². The molecule has 3 rings (SSSR count). The summed E-state index contributed by atoms with van der Waals surface area (Å²) >= 11 is 3.35. The number of aliphatic hydroxyl groups is 1. The number of nitrogens with zero attached hydrogens (tertiary/aromatic N) is 2. The molecular weight excluding hydrogens is 328 g/mol. The maximum absolute atomic E-state index is 12.6. The van der Waals surface area contributed by atoms with E-state index in [4.69, 9.17) is 0 Å². The maximum atomic E-state index is 12.6. The van der Waals surface area contributed by atoms with Crippen molar-refractivity contribution >= 4 is 27.8 Å². The number of amides is 1. The van der Waals surface area contributed by atoms with Gasteiger partial charge < -0.3 is 19.7 Å². The van der Waals surface area contributed by atoms with Crippen LogP contribution in [0.25, 0.3) is 0 Å². The number of hydrogen-bond donors (Lipinski definition) is 2. The Morgan fingerprint density at radius 2 is 2.05 bits per heavy atom. The standard InChI is InChI=1S/C13H15BrN2O4/c14-7-3-10(15(5-7)8-1-2-8)12(18)16-6-9(17)4-11(16)13(19)20/h3,5,8-9,11,17H,1-2,4,6H2,(H,19,20)/t9-,11-/m0/s1. The lowest BCUT2D eigenvalue weighted by Crippen LogP contribution is -2.41. The molecular formula is C13H15BrN2O4. The Morgan fingerprint density at radius 1 is 1.35 bits per heavy atom. The van der Waals surface area contributed by atoms with Crippen molar-refractivity contribution in [3.05, 3.63) is 22.4 Å². The van der Waals surface area contributed by atoms with Gasteiger partial charge in [-0.3, -0.25) is 4.79 Å². The predicted molar refractivity (Wildman–Crippen MR) is 73.5 cm³/mol. The fourth-order valence-electron chi connectivity index (χ4n) is 2.69. The van der Waals surface area contributed by atoms with Gasteiger partial charge in [0.05, 0.1) is 6.10 Å². The van der Waals surface area contributed by atoms with E-state index in [1.165, 1.54) is 4.90 Å². The molecule has 1 amide bonds. The van der Waals surface area contributed by atoms with Crippen LogP contribution in [0.3, 0.4) is 0 Å². The van der Waals surface area contributed by atoms with Gasteiger partial charge in [0.15, 0.2) is 0 Å². The molecule has 0 bridgehead atoms. The molecule has 1 aliphatic heterocycles. The molecule has 0 aromatic carbocycles. The minimum absolute atomic E-state index is 0.0727. The first kappa shape index (κ1) is 13.6. The number of hydrogen-bond acceptors (Lipinski definition) is 3. The molecule has 0 radical (unpaired) electrons. The highest BCUT2D eigenvalue weighted by atomic mass is 79.9. The first-order chi connectivity index (χ1) is 9.47. The van der Waals surface area contributed by atoms with E-state index in [0.717, 1.165) is 17.3 Å². The van der Waals surface area contributed by atoms with Crippen LogP contribution in [0, 0.1) is 0 Å². The van der Waals surface area contributed by atoms with Crippen molar-refractivity contribution in [1.82, 2.24) is 9.47 Å². The number of β-amino-alcohol motifs (C(OH)–C–C–N with tert-alkyl or cyclic N) is 1. The quantitative estimate of drug-likeness (QED) is 0.865. The third-order valence-electron chi connectivity index (χ3n) is 3.80. The van der Waals surface area contributed by atoms with Crippen molar-refractivity contribution in [3.63, 3.8) is 0 Å². The smallest absolute Gasteiger partial charge is 0.326 e. The van der Waals surface area contributed by atoms with Crippen molar-refractivity contribution in [3.8, 4) is 0 Å². The zero-order valence-electron chi connectivity index (χ0n) is 10.7. The number of carboxylic acid groups (broad SMARTS) is 1. The molecule has 20 heavy (non-hydrogen) atoms. The molecule has 1 saturated heterocycles. The monoisotopic (exact) mass is 342 g/mol. The van der Waals surface area contributed by atoms with Crippen LogP contribution in [-0.2, 0) is 4.79 Å². The van der Waals surface area contributed by atoms with Gasteiger partial charge in [0.1, 0.15) is 11.7 Å². The van der Waals surface area contributed by atoms with E-state index in [9.17, 15) is 19.8 Å². The summed E-state index contributed by atoms with van der Waals surface area (Å²) in [6.07, 6.45) is 3.24. The average Bonchev–Trinajstić information content (AvgIpc) is 3.04. The number of aromatic nitrogens is 1. The van der Waals surface area contributed by atoms with Gasteiger partial charge in [-0.25, -0.2) is 4.79 Å². The molecule has 2 N–H and O–H groups in total. The maximum Gasteiger partial charge on any atom is 0.326 e. The van der Waals surface area contributed by atoms with Crippen molar-refractivity contribution in [2.75, 3.05) is 6.54 Å². The van der Waals surface area contributed by atoms with Crippen LogP contribution in [0.2, 0.25) is 0 Å². The molecule has 1 aromatic rings. The molecule has 108 valence electrons. The summed E-state index contributed by atoms with van der Waals surface area (Å²) in [6, 6.07) is 1.10. The average molecular weight is 343 g/mol. The topological polar surface area (TPSA) is 82.8 Å². The fourth-order valence-corrected chi connectivity index (χ4v) is 3.13. The summed E-state index contributed by atoms with van der Waals surface area (Å²) in [4.78, 5) is 25.0. The summed E-state index contributed by atoms with van der Waals surface area (Å²) in [6.45, 7) is 0.0727. The third-order valence-corrected chi connectivity index (χ3v) is 4.23. The van der Waals surface area contributed by atoms with E-state index in [1.807, 2.05) is 10.8 Å². The number of rotatable bonds is 3. The van der Waals surface area contributed by atoms with Crippen LogP contribution in [-0.4, -0.2) is 50.2 Å². The first-order valence-electron chi connectivity index (χ1n) is 6.56. The molecule has 1 aliphatic carbocycles. The molecule has 1 saturated carbocycles. The molecule has 0 unspecified atom stereocenters. The Hall–Kier alpha value is -1.34. The van der Waals surface area contributed by atoms with Gasteiger partial charge in [0.2, 0.25) is 0 Å². The Labute approximate surface area is 124 Å². The highest BCUT2D eigenvalue weighted by Gasteiger charge is 2.41. The predicted octanol–water partition coefficient (Wildman–Crippen LogP) is 1.25. The van der Waals surface area contributed by atoms with Gasteiger partial charge >= 0.3 is 5.97 Å². The molecule has 6 nitrogen and oxygen atoms in total. The second-order valence-corrected chi connectivity index (χ2v) is 6.30. The fraction of sp³-hybridized carbons (Fsp3) is 0.538. The second kappa shape index (κ2) is 4.89. The highest BCUT2D eigenvalue weighted by molar-refractivity contribution is 9.10. The SMILES string of the molecule is O=C(O)[C@@H]1C[C@H](O)CN1C(=O)c1cc(Br)cn1C1CC1. The van der Waals surface area contributed by atoms with Gasteiger partial charge in [0, 0.05) is 29.7 Å². The number of carbonyl (C=O) groups is 2. The highest BCUT2D eigenvalue weighted by Crippen LogP contribution is 2.38. The zero-order valence-corrected chi connectivity index (χ0v) is 12.3. The van der Waals surface area contributed by atoms with Gasteiger partial charge in [-0.2, -0.15) is 0 Å². The summed E-state index contributed by atoms with van der Waals surface area (Å²) in [5.41, 5.74) is 0.486. The number of aliphatic hydroxyl groups excluding tert-OH is 1. The second-order valence-electron chi connectivity index (χ2n) is 5.38. The first-order valence-corrected chi connectivity index (χ1v) is 7.36. The largest absolute Gasteiger partial charge is 0.480 e. The van der Waals surface area contributed by atoms with E-state index in [1.54, 1.807) is 6.07 Å². The molecule has 0 spiro atoms. The third kappa shape index (κ3) is 2.35. The minimum atomic E-state index is -1.07. The lowest BCUT2D eigenvalue weighted by molar-refractivity contribution is -0.141. The van der Waals surface area contributed by atoms with E-state index in [-0.39, 0.29) is 18.9 Å². The van der Waals surface area contributed by atoms with Gasteiger partial charge in [-0.15, -0.1) is 0 Å². The van der Waals surface area contributed by atoms with Crippen molar-refractivity contribution < 1.29 is 19.8 Å². The lowest BCUT2D eigenvalue weighted by atomic mass is 10.2. The molecule has 7 heteroatoms.